The van der Waals surface area contributed by atoms with Crippen LogP contribution in [0.4, 0.5) is 0 Å². The van der Waals surface area contributed by atoms with E-state index in [1.165, 1.54) is 10.5 Å². The van der Waals surface area contributed by atoms with E-state index in [4.69, 9.17) is 9.47 Å². The molecule has 1 heterocycles. The third kappa shape index (κ3) is 5.47. The zero-order chi connectivity index (χ0) is 17.4. The number of carbonyl (C=O) groups excluding carboxylic acids is 2. The molecule has 0 radical (unpaired) electrons. The lowest BCUT2D eigenvalue weighted by atomic mass is 10.1. The molecule has 1 saturated heterocycles. The number of benzene rings is 1. The van der Waals surface area contributed by atoms with Crippen LogP contribution >= 0.6 is 0 Å². The number of quaternary nitrogens is 1. The van der Waals surface area contributed by atoms with Gasteiger partial charge in [0.15, 0.2) is 6.10 Å². The number of nitrogens with one attached hydrogen (secondary N) is 2. The molecule has 6 nitrogen and oxygen atoms in total. The molecular weight excluding hydrogens is 308 g/mol. The van der Waals surface area contributed by atoms with Gasteiger partial charge in [0.2, 0.25) is 0 Å². The Bertz CT molecular complexity index is 565. The molecule has 0 spiro atoms. The standard InChI is InChI=1S/C18H24N2O4/c1-3-8-19-17(21)14(2)24-18(22)16-6-4-15(5-7-16)13-20-9-11-23-12-10-20/h3-7,14H,1,8-13H2,2H3,(H,19,21)/p+1/t14-/m1/s1. The van der Waals surface area contributed by atoms with Crippen LogP contribution in [0.15, 0.2) is 36.9 Å². The number of esters is 1. The van der Waals surface area contributed by atoms with Gasteiger partial charge < -0.3 is 19.7 Å². The smallest absolute Gasteiger partial charge is 0.338 e. The van der Waals surface area contributed by atoms with Crippen molar-refractivity contribution in [2.75, 3.05) is 32.8 Å². The van der Waals surface area contributed by atoms with Crippen molar-refractivity contribution in [1.82, 2.24) is 5.32 Å². The molecule has 1 aromatic carbocycles. The van der Waals surface area contributed by atoms with E-state index in [-0.39, 0.29) is 5.91 Å². The largest absolute Gasteiger partial charge is 0.449 e. The molecule has 1 atom stereocenters. The van der Waals surface area contributed by atoms with Crippen LogP contribution in [-0.2, 0) is 20.8 Å². The average molecular weight is 333 g/mol. The highest BCUT2D eigenvalue weighted by Crippen LogP contribution is 2.07. The van der Waals surface area contributed by atoms with Gasteiger partial charge in [-0.15, -0.1) is 6.58 Å². The highest BCUT2D eigenvalue weighted by Gasteiger charge is 2.19. The van der Waals surface area contributed by atoms with Gasteiger partial charge in [0.05, 0.1) is 18.8 Å². The lowest BCUT2D eigenvalue weighted by Gasteiger charge is -2.23. The molecular formula is C18H25N2O4+. The van der Waals surface area contributed by atoms with Crippen LogP contribution in [0.1, 0.15) is 22.8 Å². The zero-order valence-corrected chi connectivity index (χ0v) is 14.0. The normalized spacial score (nSPS) is 16.2. The summed E-state index contributed by atoms with van der Waals surface area (Å²) < 4.78 is 10.5. The van der Waals surface area contributed by atoms with E-state index in [9.17, 15) is 9.59 Å². The average Bonchev–Trinajstić information content (AvgIpc) is 2.61. The number of amides is 1. The third-order valence-corrected chi connectivity index (χ3v) is 3.92. The fourth-order valence-electron chi connectivity index (χ4n) is 2.48. The molecule has 1 aliphatic heterocycles. The second-order valence-electron chi connectivity index (χ2n) is 5.82. The fraction of sp³-hybridized carbons (Fsp3) is 0.444. The molecule has 0 unspecified atom stereocenters. The Labute approximate surface area is 142 Å². The Balaban J connectivity index is 1.86. The number of ether oxygens (including phenoxy) is 2. The minimum Gasteiger partial charge on any atom is -0.449 e. The van der Waals surface area contributed by atoms with E-state index in [1.54, 1.807) is 25.1 Å². The maximum atomic E-state index is 12.1. The summed E-state index contributed by atoms with van der Waals surface area (Å²) in [7, 11) is 0. The Hall–Kier alpha value is -2.18. The summed E-state index contributed by atoms with van der Waals surface area (Å²) in [6, 6.07) is 7.35. The molecule has 0 aliphatic carbocycles. The summed E-state index contributed by atoms with van der Waals surface area (Å²) >= 11 is 0. The summed E-state index contributed by atoms with van der Waals surface area (Å²) in [6.45, 7) is 9.93. The third-order valence-electron chi connectivity index (χ3n) is 3.92. The van der Waals surface area contributed by atoms with Crippen molar-refractivity contribution in [3.63, 3.8) is 0 Å². The number of carbonyl (C=O) groups is 2. The minimum atomic E-state index is -0.838. The number of morpholine rings is 1. The van der Waals surface area contributed by atoms with E-state index >= 15 is 0 Å². The molecule has 0 aromatic heterocycles. The fourth-order valence-corrected chi connectivity index (χ4v) is 2.48. The quantitative estimate of drug-likeness (QED) is 0.542. The summed E-state index contributed by atoms with van der Waals surface area (Å²) in [5.41, 5.74) is 1.61. The lowest BCUT2D eigenvalue weighted by molar-refractivity contribution is -0.921. The van der Waals surface area contributed by atoms with Gasteiger partial charge in [0.25, 0.3) is 5.91 Å². The zero-order valence-electron chi connectivity index (χ0n) is 14.0. The van der Waals surface area contributed by atoms with Crippen LogP contribution in [0, 0.1) is 0 Å². The Morgan fingerprint density at radius 1 is 1.33 bits per heavy atom. The van der Waals surface area contributed by atoms with Crippen LogP contribution in [0.2, 0.25) is 0 Å². The maximum absolute atomic E-state index is 12.1. The van der Waals surface area contributed by atoms with Crippen LogP contribution in [0.3, 0.4) is 0 Å². The number of rotatable bonds is 7. The molecule has 1 fully saturated rings. The van der Waals surface area contributed by atoms with Crippen molar-refractivity contribution in [3.05, 3.63) is 48.0 Å². The van der Waals surface area contributed by atoms with Crippen molar-refractivity contribution < 1.29 is 24.0 Å². The molecule has 2 N–H and O–H groups in total. The van der Waals surface area contributed by atoms with Gasteiger partial charge in [0, 0.05) is 12.1 Å². The Kier molecular flexibility index (Phi) is 6.96. The minimum absolute atomic E-state index is 0.337. The van der Waals surface area contributed by atoms with Crippen molar-refractivity contribution >= 4 is 11.9 Å². The van der Waals surface area contributed by atoms with E-state index in [1.807, 2.05) is 12.1 Å². The molecule has 1 aliphatic rings. The molecule has 0 bridgehead atoms. The van der Waals surface area contributed by atoms with Crippen molar-refractivity contribution in [3.8, 4) is 0 Å². The molecule has 24 heavy (non-hydrogen) atoms. The number of hydrogen-bond acceptors (Lipinski definition) is 4. The molecule has 0 saturated carbocycles. The highest BCUT2D eigenvalue weighted by atomic mass is 16.5. The van der Waals surface area contributed by atoms with Gasteiger partial charge in [0.1, 0.15) is 19.6 Å². The van der Waals surface area contributed by atoms with Crippen LogP contribution in [0.5, 0.6) is 0 Å². The van der Waals surface area contributed by atoms with Crippen LogP contribution in [-0.4, -0.2) is 50.8 Å². The lowest BCUT2D eigenvalue weighted by Crippen LogP contribution is -3.12. The van der Waals surface area contributed by atoms with Gasteiger partial charge in [-0.3, -0.25) is 4.79 Å². The second kappa shape index (κ2) is 9.20. The first-order valence-corrected chi connectivity index (χ1v) is 8.20. The summed E-state index contributed by atoms with van der Waals surface area (Å²) in [4.78, 5) is 25.3. The van der Waals surface area contributed by atoms with Gasteiger partial charge in [-0.05, 0) is 19.1 Å². The summed E-state index contributed by atoms with van der Waals surface area (Å²) in [5.74, 6) is -0.836. The first kappa shape index (κ1) is 18.2. The second-order valence-corrected chi connectivity index (χ2v) is 5.82. The maximum Gasteiger partial charge on any atom is 0.338 e. The van der Waals surface area contributed by atoms with Gasteiger partial charge in [-0.2, -0.15) is 0 Å². The first-order chi connectivity index (χ1) is 11.6. The first-order valence-electron chi connectivity index (χ1n) is 8.20. The van der Waals surface area contributed by atoms with Gasteiger partial charge in [-0.25, -0.2) is 4.79 Å². The molecule has 1 amide bonds. The molecule has 130 valence electrons. The van der Waals surface area contributed by atoms with Crippen molar-refractivity contribution in [2.24, 2.45) is 0 Å². The summed E-state index contributed by atoms with van der Waals surface area (Å²) in [6.07, 6.45) is 0.733. The predicted octanol–water partition coefficient (Wildman–Crippen LogP) is -0.0508. The molecule has 1 aromatic rings. The van der Waals surface area contributed by atoms with E-state index in [0.717, 1.165) is 32.8 Å². The van der Waals surface area contributed by atoms with Gasteiger partial charge >= 0.3 is 5.97 Å². The summed E-state index contributed by atoms with van der Waals surface area (Å²) in [5, 5.41) is 2.60. The molecule has 2 rings (SSSR count). The topological polar surface area (TPSA) is 69.1 Å². The molecule has 6 heteroatoms. The SMILES string of the molecule is C=CCNC(=O)[C@@H](C)OC(=O)c1ccc(C[NH+]2CCOCC2)cc1. The van der Waals surface area contributed by atoms with E-state index < -0.39 is 12.1 Å². The Morgan fingerprint density at radius 2 is 2.00 bits per heavy atom. The predicted molar refractivity (Wildman–Crippen MR) is 89.7 cm³/mol. The van der Waals surface area contributed by atoms with Crippen molar-refractivity contribution in [1.29, 1.82) is 0 Å². The van der Waals surface area contributed by atoms with E-state index in [0.29, 0.717) is 12.1 Å². The number of hydrogen-bond donors (Lipinski definition) is 2. The van der Waals surface area contributed by atoms with Crippen LogP contribution in [0.25, 0.3) is 0 Å². The van der Waals surface area contributed by atoms with Gasteiger partial charge in [-0.1, -0.05) is 18.2 Å². The Morgan fingerprint density at radius 3 is 2.62 bits per heavy atom. The van der Waals surface area contributed by atoms with Crippen molar-refractivity contribution in [2.45, 2.75) is 19.6 Å². The monoisotopic (exact) mass is 333 g/mol. The highest BCUT2D eigenvalue weighted by molar-refractivity contribution is 5.92. The van der Waals surface area contributed by atoms with Crippen LogP contribution < -0.4 is 10.2 Å². The van der Waals surface area contributed by atoms with E-state index in [2.05, 4.69) is 11.9 Å².